The van der Waals surface area contributed by atoms with E-state index in [1.165, 1.54) is 0 Å². The quantitative estimate of drug-likeness (QED) is 0.627. The lowest BCUT2D eigenvalue weighted by Crippen LogP contribution is -2.24. The number of ether oxygens (including phenoxy) is 1. The summed E-state index contributed by atoms with van der Waals surface area (Å²) >= 11 is 0. The zero-order valence-electron chi connectivity index (χ0n) is 13.2. The summed E-state index contributed by atoms with van der Waals surface area (Å²) in [6.45, 7) is 0.461. The summed E-state index contributed by atoms with van der Waals surface area (Å²) < 4.78 is 5.35. The number of nitrogens with one attached hydrogen (secondary N) is 1. The van der Waals surface area contributed by atoms with Gasteiger partial charge in [0.05, 0.1) is 12.7 Å². The molecule has 0 fully saturated rings. The number of hydrogen-bond acceptors (Lipinski definition) is 4. The smallest absolute Gasteiger partial charge is 0.221 e. The van der Waals surface area contributed by atoms with Crippen molar-refractivity contribution in [1.82, 2.24) is 10.3 Å². The molecule has 1 heterocycles. The van der Waals surface area contributed by atoms with Crippen LogP contribution in [0.5, 0.6) is 5.75 Å². The number of amides is 1. The van der Waals surface area contributed by atoms with Gasteiger partial charge in [-0.25, -0.2) is 0 Å². The van der Waals surface area contributed by atoms with Crippen molar-refractivity contribution >= 4 is 11.7 Å². The number of rotatable bonds is 7. The van der Waals surface area contributed by atoms with Crippen molar-refractivity contribution in [3.05, 3.63) is 60.4 Å². The molecular weight excluding hydrogens is 304 g/mol. The molecule has 5 heteroatoms. The molecule has 0 bridgehead atoms. The number of ketones is 1. The zero-order valence-corrected chi connectivity index (χ0v) is 13.2. The molecule has 2 aromatic rings. The second kappa shape index (κ2) is 9.80. The molecular formula is C19H18N2O3. The maximum atomic E-state index is 11.9. The number of carbonyl (C=O) groups is 2. The van der Waals surface area contributed by atoms with Crippen LogP contribution >= 0.6 is 0 Å². The van der Waals surface area contributed by atoms with E-state index in [9.17, 15) is 9.59 Å². The number of Topliss-reactive ketones (excluding diaryl/α,β-unsaturated/α-hetero) is 1. The minimum atomic E-state index is -0.193. The molecule has 0 aliphatic carbocycles. The largest absolute Gasteiger partial charge is 0.479 e. The van der Waals surface area contributed by atoms with Gasteiger partial charge in [-0.05, 0) is 12.1 Å². The van der Waals surface area contributed by atoms with Crippen molar-refractivity contribution in [3.63, 3.8) is 0 Å². The summed E-state index contributed by atoms with van der Waals surface area (Å²) in [7, 11) is 0. The standard InChI is InChI=1S/C19H18N2O3/c22-18(16-7-2-1-3-8-16)10-11-19(23)21-13-4-5-14-24-17-9-6-12-20-15-17/h1-3,6-9,12,15H,10-11,13-14H2,(H,21,23). The third kappa shape index (κ3) is 6.32. The lowest BCUT2D eigenvalue weighted by Gasteiger charge is -2.02. The molecule has 0 spiro atoms. The Morgan fingerprint density at radius 2 is 1.88 bits per heavy atom. The molecule has 1 aromatic heterocycles. The van der Waals surface area contributed by atoms with E-state index in [0.29, 0.717) is 11.3 Å². The predicted molar refractivity (Wildman–Crippen MR) is 90.5 cm³/mol. The van der Waals surface area contributed by atoms with E-state index in [-0.39, 0.29) is 37.7 Å². The number of pyridine rings is 1. The molecule has 1 aromatic carbocycles. The first-order chi connectivity index (χ1) is 11.8. The minimum Gasteiger partial charge on any atom is -0.479 e. The Morgan fingerprint density at radius 3 is 2.62 bits per heavy atom. The average molecular weight is 322 g/mol. The van der Waals surface area contributed by atoms with E-state index in [1.807, 2.05) is 6.07 Å². The maximum absolute atomic E-state index is 11.9. The van der Waals surface area contributed by atoms with Gasteiger partial charge >= 0.3 is 0 Å². The zero-order chi connectivity index (χ0) is 17.0. The van der Waals surface area contributed by atoms with Crippen molar-refractivity contribution in [2.45, 2.75) is 12.8 Å². The van der Waals surface area contributed by atoms with Crippen molar-refractivity contribution in [3.8, 4) is 17.6 Å². The van der Waals surface area contributed by atoms with Crippen LogP contribution in [-0.2, 0) is 4.79 Å². The Labute approximate surface area is 141 Å². The van der Waals surface area contributed by atoms with Gasteiger partial charge in [0, 0.05) is 24.6 Å². The van der Waals surface area contributed by atoms with Crippen molar-refractivity contribution < 1.29 is 14.3 Å². The summed E-state index contributed by atoms with van der Waals surface area (Å²) in [5.41, 5.74) is 0.623. The fourth-order valence-corrected chi connectivity index (χ4v) is 1.89. The van der Waals surface area contributed by atoms with Crippen LogP contribution in [0.15, 0.2) is 54.9 Å². The van der Waals surface area contributed by atoms with Crippen LogP contribution < -0.4 is 10.1 Å². The third-order valence-electron chi connectivity index (χ3n) is 3.12. The normalized spacial score (nSPS) is 9.50. The minimum absolute atomic E-state index is 0.0401. The molecule has 0 atom stereocenters. The molecule has 24 heavy (non-hydrogen) atoms. The third-order valence-corrected chi connectivity index (χ3v) is 3.12. The molecule has 0 unspecified atom stereocenters. The summed E-state index contributed by atoms with van der Waals surface area (Å²) in [5.74, 6) is 6.01. The van der Waals surface area contributed by atoms with Gasteiger partial charge in [-0.3, -0.25) is 14.6 Å². The maximum Gasteiger partial charge on any atom is 0.221 e. The van der Waals surface area contributed by atoms with Crippen LogP contribution in [0.4, 0.5) is 0 Å². The van der Waals surface area contributed by atoms with Gasteiger partial charge in [0.25, 0.3) is 0 Å². The summed E-state index contributed by atoms with van der Waals surface area (Å²) in [4.78, 5) is 27.5. The SMILES string of the molecule is O=C(CCC(=O)c1ccccc1)NCC#CCOc1cccnc1. The van der Waals surface area contributed by atoms with Crippen LogP contribution in [0.3, 0.4) is 0 Å². The Morgan fingerprint density at radius 1 is 1.04 bits per heavy atom. The van der Waals surface area contributed by atoms with Crippen LogP contribution in [0.2, 0.25) is 0 Å². The Kier molecular flexibility index (Phi) is 7.03. The number of hydrogen-bond donors (Lipinski definition) is 1. The number of carbonyl (C=O) groups excluding carboxylic acids is 2. The van der Waals surface area contributed by atoms with E-state index < -0.39 is 0 Å². The first-order valence-corrected chi connectivity index (χ1v) is 7.59. The first kappa shape index (κ1) is 17.2. The van der Waals surface area contributed by atoms with Crippen LogP contribution in [0.25, 0.3) is 0 Å². The fourth-order valence-electron chi connectivity index (χ4n) is 1.89. The van der Waals surface area contributed by atoms with Crippen molar-refractivity contribution in [2.24, 2.45) is 0 Å². The number of benzene rings is 1. The Bertz CT molecular complexity index is 719. The lowest BCUT2D eigenvalue weighted by molar-refractivity contribution is -0.120. The van der Waals surface area contributed by atoms with Crippen molar-refractivity contribution in [1.29, 1.82) is 0 Å². The fraction of sp³-hybridized carbons (Fsp3) is 0.211. The second-order valence-electron chi connectivity index (χ2n) is 4.90. The molecule has 0 aliphatic rings. The Balaban J connectivity index is 1.60. The van der Waals surface area contributed by atoms with E-state index in [4.69, 9.17) is 4.74 Å². The van der Waals surface area contributed by atoms with Gasteiger partial charge in [0.1, 0.15) is 12.4 Å². The van der Waals surface area contributed by atoms with E-state index >= 15 is 0 Å². The van der Waals surface area contributed by atoms with Gasteiger partial charge in [0.2, 0.25) is 5.91 Å². The topological polar surface area (TPSA) is 68.3 Å². The monoisotopic (exact) mass is 322 g/mol. The summed E-state index contributed by atoms with van der Waals surface area (Å²) in [6.07, 6.45) is 3.61. The molecule has 122 valence electrons. The highest BCUT2D eigenvalue weighted by molar-refractivity contribution is 5.97. The van der Waals surface area contributed by atoms with E-state index in [1.54, 1.807) is 48.8 Å². The molecule has 0 radical (unpaired) electrons. The highest BCUT2D eigenvalue weighted by Gasteiger charge is 2.07. The number of nitrogens with zero attached hydrogens (tertiary/aromatic N) is 1. The number of aromatic nitrogens is 1. The van der Waals surface area contributed by atoms with Crippen molar-refractivity contribution in [2.75, 3.05) is 13.2 Å². The van der Waals surface area contributed by atoms with Crippen LogP contribution in [0.1, 0.15) is 23.2 Å². The van der Waals surface area contributed by atoms with E-state index in [2.05, 4.69) is 22.1 Å². The summed E-state index contributed by atoms with van der Waals surface area (Å²) in [5, 5.41) is 2.66. The molecule has 0 saturated heterocycles. The van der Waals surface area contributed by atoms with Gasteiger partial charge in [0.15, 0.2) is 5.78 Å². The molecule has 1 amide bonds. The lowest BCUT2D eigenvalue weighted by atomic mass is 10.1. The van der Waals surface area contributed by atoms with Gasteiger partial charge in [-0.15, -0.1) is 0 Å². The van der Waals surface area contributed by atoms with Crippen LogP contribution in [-0.4, -0.2) is 29.8 Å². The van der Waals surface area contributed by atoms with E-state index in [0.717, 1.165) is 0 Å². The Hall–Kier alpha value is -3.13. The molecule has 5 nitrogen and oxygen atoms in total. The van der Waals surface area contributed by atoms with Crippen LogP contribution in [0, 0.1) is 11.8 Å². The molecule has 2 rings (SSSR count). The molecule has 1 N–H and O–H groups in total. The van der Waals surface area contributed by atoms with Gasteiger partial charge < -0.3 is 10.1 Å². The van der Waals surface area contributed by atoms with Gasteiger partial charge in [-0.1, -0.05) is 42.2 Å². The second-order valence-corrected chi connectivity index (χ2v) is 4.90. The van der Waals surface area contributed by atoms with Gasteiger partial charge in [-0.2, -0.15) is 0 Å². The first-order valence-electron chi connectivity index (χ1n) is 7.59. The average Bonchev–Trinajstić information content (AvgIpc) is 2.64. The highest BCUT2D eigenvalue weighted by atomic mass is 16.5. The summed E-state index contributed by atoms with van der Waals surface area (Å²) in [6, 6.07) is 12.5. The predicted octanol–water partition coefficient (Wildman–Crippen LogP) is 2.24. The highest BCUT2D eigenvalue weighted by Crippen LogP contribution is 2.05. The molecule has 0 aliphatic heterocycles. The molecule has 0 saturated carbocycles.